The lowest BCUT2D eigenvalue weighted by Gasteiger charge is -2.12. The summed E-state index contributed by atoms with van der Waals surface area (Å²) in [4.78, 5) is 32.9. The highest BCUT2D eigenvalue weighted by molar-refractivity contribution is 9.10. The van der Waals surface area contributed by atoms with Crippen LogP contribution in [0.15, 0.2) is 29.0 Å². The number of hydrogen-bond acceptors (Lipinski definition) is 7. The van der Waals surface area contributed by atoms with E-state index in [0.29, 0.717) is 46.4 Å². The number of aldehydes is 1. The molecule has 10 heteroatoms. The number of nitriles is 1. The van der Waals surface area contributed by atoms with Gasteiger partial charge in [-0.15, -0.1) is 0 Å². The van der Waals surface area contributed by atoms with Gasteiger partial charge in [0.25, 0.3) is 5.91 Å². The summed E-state index contributed by atoms with van der Waals surface area (Å²) in [5.41, 5.74) is 2.56. The molecule has 0 aliphatic heterocycles. The Kier molecular flexibility index (Phi) is 6.99. The second kappa shape index (κ2) is 9.68. The highest BCUT2D eigenvalue weighted by atomic mass is 79.9. The van der Waals surface area contributed by atoms with Crippen LogP contribution in [0.4, 0.5) is 11.5 Å². The molecule has 0 aromatic carbocycles. The van der Waals surface area contributed by atoms with Crippen LogP contribution in [0.5, 0.6) is 0 Å². The molecule has 2 N–H and O–H groups in total. The number of nitrogens with zero attached hydrogens (tertiary/aromatic N) is 4. The maximum atomic E-state index is 13.2. The number of nitrogens with one attached hydrogen (secondary N) is 2. The number of aromatic nitrogens is 3. The molecule has 1 amide bonds. The van der Waals surface area contributed by atoms with Crippen molar-refractivity contribution in [3.8, 4) is 6.07 Å². The summed E-state index contributed by atoms with van der Waals surface area (Å²) in [6.07, 6.45) is 2.03. The zero-order chi connectivity index (χ0) is 22.5. The molecule has 0 aliphatic carbocycles. The van der Waals surface area contributed by atoms with Crippen molar-refractivity contribution in [2.24, 2.45) is 0 Å². The molecule has 160 valence electrons. The monoisotopic (exact) mass is 484 g/mol. The first kappa shape index (κ1) is 22.4. The maximum absolute atomic E-state index is 13.2. The van der Waals surface area contributed by atoms with E-state index in [0.717, 1.165) is 5.52 Å². The fraction of sp³-hybridized carbons (Fsp3) is 0.286. The van der Waals surface area contributed by atoms with Crippen molar-refractivity contribution >= 4 is 50.7 Å². The minimum absolute atomic E-state index is 0.0481. The molecule has 0 aliphatic rings. The van der Waals surface area contributed by atoms with Crippen LogP contribution in [-0.4, -0.2) is 47.0 Å². The lowest BCUT2D eigenvalue weighted by Crippen LogP contribution is -2.15. The average molecular weight is 485 g/mol. The van der Waals surface area contributed by atoms with Gasteiger partial charge >= 0.3 is 0 Å². The van der Waals surface area contributed by atoms with Gasteiger partial charge in [0, 0.05) is 32.0 Å². The number of ether oxygens (including phenoxy) is 1. The summed E-state index contributed by atoms with van der Waals surface area (Å²) in [6.45, 7) is 4.93. The number of methoxy groups -OCH3 is 1. The first-order valence-corrected chi connectivity index (χ1v) is 10.3. The molecule has 3 aromatic heterocycles. The SMILES string of the molecule is COCCNc1cc(NC(=O)c2c(Br)n(C(C)C)c3ccc(C=O)nc23)ncc1C#N. The third kappa shape index (κ3) is 4.57. The molecule has 0 spiro atoms. The summed E-state index contributed by atoms with van der Waals surface area (Å²) in [7, 11) is 1.58. The molecule has 0 atom stereocenters. The summed E-state index contributed by atoms with van der Waals surface area (Å²) in [5.74, 6) is -0.167. The molecule has 3 aromatic rings. The van der Waals surface area contributed by atoms with E-state index in [2.05, 4.69) is 42.6 Å². The van der Waals surface area contributed by atoms with Crippen molar-refractivity contribution in [1.82, 2.24) is 14.5 Å². The van der Waals surface area contributed by atoms with Crippen LogP contribution in [0, 0.1) is 11.3 Å². The summed E-state index contributed by atoms with van der Waals surface area (Å²) < 4.78 is 7.49. The first-order chi connectivity index (χ1) is 14.9. The molecule has 0 saturated heterocycles. The number of anilines is 2. The van der Waals surface area contributed by atoms with Crippen LogP contribution in [0.1, 0.15) is 46.3 Å². The Balaban J connectivity index is 2.00. The van der Waals surface area contributed by atoms with Crippen LogP contribution >= 0.6 is 15.9 Å². The molecule has 3 heterocycles. The van der Waals surface area contributed by atoms with Gasteiger partial charge in [-0.3, -0.25) is 9.59 Å². The van der Waals surface area contributed by atoms with E-state index in [4.69, 9.17) is 4.74 Å². The van der Waals surface area contributed by atoms with Crippen molar-refractivity contribution in [2.45, 2.75) is 19.9 Å². The minimum atomic E-state index is -0.438. The van der Waals surface area contributed by atoms with E-state index in [1.807, 2.05) is 18.4 Å². The quantitative estimate of drug-likeness (QED) is 0.368. The van der Waals surface area contributed by atoms with Crippen LogP contribution < -0.4 is 10.6 Å². The van der Waals surface area contributed by atoms with Crippen LogP contribution in [0.3, 0.4) is 0 Å². The highest BCUT2D eigenvalue weighted by Gasteiger charge is 2.24. The number of halogens is 1. The number of fused-ring (bicyclic) bond motifs is 1. The zero-order valence-electron chi connectivity index (χ0n) is 17.3. The van der Waals surface area contributed by atoms with E-state index in [9.17, 15) is 14.9 Å². The van der Waals surface area contributed by atoms with E-state index in [-0.39, 0.29) is 17.6 Å². The maximum Gasteiger partial charge on any atom is 0.261 e. The highest BCUT2D eigenvalue weighted by Crippen LogP contribution is 2.33. The molecule has 0 bridgehead atoms. The fourth-order valence-corrected chi connectivity index (χ4v) is 4.13. The Morgan fingerprint density at radius 3 is 2.84 bits per heavy atom. The molecule has 3 rings (SSSR count). The van der Waals surface area contributed by atoms with Crippen LogP contribution in [0.25, 0.3) is 11.0 Å². The zero-order valence-corrected chi connectivity index (χ0v) is 18.9. The Bertz CT molecular complexity index is 1180. The second-order valence-electron chi connectivity index (χ2n) is 6.95. The third-order valence-electron chi connectivity index (χ3n) is 4.56. The number of amides is 1. The van der Waals surface area contributed by atoms with Crippen molar-refractivity contribution < 1.29 is 14.3 Å². The third-order valence-corrected chi connectivity index (χ3v) is 5.34. The fourth-order valence-electron chi connectivity index (χ4n) is 3.17. The molecule has 0 saturated carbocycles. The second-order valence-corrected chi connectivity index (χ2v) is 7.70. The number of carbonyl (C=O) groups is 2. The first-order valence-electron chi connectivity index (χ1n) is 9.51. The summed E-state index contributed by atoms with van der Waals surface area (Å²) in [6, 6.07) is 7.08. The van der Waals surface area contributed by atoms with Gasteiger partial charge in [0.2, 0.25) is 0 Å². The number of carbonyl (C=O) groups excluding carboxylic acids is 2. The molecular formula is C21H21BrN6O3. The minimum Gasteiger partial charge on any atom is -0.383 e. The molecule has 0 fully saturated rings. The Morgan fingerprint density at radius 1 is 1.42 bits per heavy atom. The Hall–Kier alpha value is -3.29. The molecular weight excluding hydrogens is 464 g/mol. The Morgan fingerprint density at radius 2 is 2.19 bits per heavy atom. The van der Waals surface area contributed by atoms with Gasteiger partial charge in [0.15, 0.2) is 6.29 Å². The molecule has 31 heavy (non-hydrogen) atoms. The van der Waals surface area contributed by atoms with Crippen LogP contribution in [-0.2, 0) is 4.74 Å². The number of pyridine rings is 2. The average Bonchev–Trinajstić information content (AvgIpc) is 3.05. The van der Waals surface area contributed by atoms with Crippen molar-refractivity contribution in [1.29, 1.82) is 5.26 Å². The predicted octanol–water partition coefficient (Wildman–Crippen LogP) is 3.77. The van der Waals surface area contributed by atoms with E-state index >= 15 is 0 Å². The van der Waals surface area contributed by atoms with Gasteiger partial charge in [-0.2, -0.15) is 5.26 Å². The topological polar surface area (TPSA) is 122 Å². The van der Waals surface area contributed by atoms with E-state index in [1.165, 1.54) is 6.20 Å². The molecule has 0 unspecified atom stereocenters. The standard InChI is InChI=1S/C21H21BrN6O3/c1-12(2)28-16-5-4-14(11-29)26-19(16)18(20(28)22)21(30)27-17-8-15(24-6-7-31-3)13(9-23)10-25-17/h4-5,8,10-12H,6-7H2,1-3H3,(H2,24,25,27,30). The smallest absolute Gasteiger partial charge is 0.261 e. The van der Waals surface area contributed by atoms with Crippen LogP contribution in [0.2, 0.25) is 0 Å². The van der Waals surface area contributed by atoms with E-state index < -0.39 is 5.91 Å². The largest absolute Gasteiger partial charge is 0.383 e. The lowest BCUT2D eigenvalue weighted by molar-refractivity contribution is 0.102. The predicted molar refractivity (Wildman–Crippen MR) is 120 cm³/mol. The Labute approximate surface area is 187 Å². The van der Waals surface area contributed by atoms with Gasteiger partial charge in [0.05, 0.1) is 28.9 Å². The van der Waals surface area contributed by atoms with Gasteiger partial charge in [-0.25, -0.2) is 9.97 Å². The van der Waals surface area contributed by atoms with Gasteiger partial charge in [-0.1, -0.05) is 0 Å². The summed E-state index contributed by atoms with van der Waals surface area (Å²) >= 11 is 3.52. The van der Waals surface area contributed by atoms with Gasteiger partial charge in [0.1, 0.15) is 27.7 Å². The normalized spacial score (nSPS) is 10.8. The van der Waals surface area contributed by atoms with Crippen molar-refractivity contribution in [2.75, 3.05) is 30.9 Å². The van der Waals surface area contributed by atoms with E-state index in [1.54, 1.807) is 25.3 Å². The number of rotatable bonds is 8. The van der Waals surface area contributed by atoms with Crippen molar-refractivity contribution in [3.63, 3.8) is 0 Å². The van der Waals surface area contributed by atoms with Crippen molar-refractivity contribution in [3.05, 3.63) is 45.8 Å². The summed E-state index contributed by atoms with van der Waals surface area (Å²) in [5, 5.41) is 15.1. The van der Waals surface area contributed by atoms with Gasteiger partial charge in [-0.05, 0) is 41.9 Å². The van der Waals surface area contributed by atoms with Gasteiger partial charge < -0.3 is 19.9 Å². The molecule has 0 radical (unpaired) electrons. The number of hydrogen-bond donors (Lipinski definition) is 2. The lowest BCUT2D eigenvalue weighted by atomic mass is 10.2. The molecule has 9 nitrogen and oxygen atoms in total.